The van der Waals surface area contributed by atoms with Crippen molar-refractivity contribution >= 4 is 49.7 Å². The van der Waals surface area contributed by atoms with Crippen LogP contribution in [-0.4, -0.2) is 59.8 Å². The summed E-state index contributed by atoms with van der Waals surface area (Å²) in [7, 11) is -1.33. The average molecular weight is 413 g/mol. The minimum absolute atomic E-state index is 0.0587. The molecule has 1 aliphatic rings. The number of nitrogens with zero attached hydrogens (tertiary/aromatic N) is 3. The maximum absolute atomic E-state index is 12.3. The van der Waals surface area contributed by atoms with Crippen molar-refractivity contribution in [2.45, 2.75) is 23.7 Å². The van der Waals surface area contributed by atoms with Crippen LogP contribution in [0.1, 0.15) is 12.0 Å². The lowest BCUT2D eigenvalue weighted by Crippen LogP contribution is -2.38. The van der Waals surface area contributed by atoms with Gasteiger partial charge in [0.2, 0.25) is 11.0 Å². The molecule has 1 atom stereocenters. The molecule has 1 amide bonds. The number of sulfone groups is 1. The number of carbonyl (C=O) groups is 1. The van der Waals surface area contributed by atoms with E-state index >= 15 is 0 Å². The number of hydrogen-bond acceptors (Lipinski definition) is 8. The van der Waals surface area contributed by atoms with Crippen LogP contribution in [0.3, 0.4) is 0 Å². The Morgan fingerprint density at radius 1 is 1.38 bits per heavy atom. The zero-order valence-electron chi connectivity index (χ0n) is 14.5. The fourth-order valence-electron chi connectivity index (χ4n) is 2.66. The number of thioether (sulfide) groups is 1. The van der Waals surface area contributed by atoms with Crippen molar-refractivity contribution in [1.29, 1.82) is 0 Å². The third kappa shape index (κ3) is 4.74. The number of benzene rings is 1. The Balaban J connectivity index is 1.53. The molecule has 0 spiro atoms. The van der Waals surface area contributed by atoms with Gasteiger partial charge in [-0.05, 0) is 25.0 Å². The Labute approximate surface area is 161 Å². The van der Waals surface area contributed by atoms with Gasteiger partial charge in [-0.3, -0.25) is 4.79 Å². The first-order valence-electron chi connectivity index (χ1n) is 8.09. The van der Waals surface area contributed by atoms with E-state index in [0.717, 1.165) is 11.3 Å². The fourth-order valence-corrected chi connectivity index (χ4v) is 6.12. The van der Waals surface area contributed by atoms with E-state index in [0.29, 0.717) is 15.9 Å². The van der Waals surface area contributed by atoms with Gasteiger partial charge in [-0.15, -0.1) is 10.2 Å². The lowest BCUT2D eigenvalue weighted by Gasteiger charge is -2.22. The zero-order chi connectivity index (χ0) is 18.7. The number of nitrogens with one attached hydrogen (secondary N) is 1. The van der Waals surface area contributed by atoms with Crippen LogP contribution in [0.4, 0.5) is 10.8 Å². The first-order chi connectivity index (χ1) is 12.3. The number of amides is 1. The van der Waals surface area contributed by atoms with Gasteiger partial charge in [0.05, 0.1) is 17.3 Å². The Kier molecular flexibility index (Phi) is 5.83. The molecule has 10 heteroatoms. The van der Waals surface area contributed by atoms with Gasteiger partial charge in [-0.2, -0.15) is 0 Å². The highest BCUT2D eigenvalue weighted by Crippen LogP contribution is 2.29. The lowest BCUT2D eigenvalue weighted by atomic mass is 10.2. The summed E-state index contributed by atoms with van der Waals surface area (Å²) in [6.07, 6.45) is 0.512. The monoisotopic (exact) mass is 412 g/mol. The zero-order valence-corrected chi connectivity index (χ0v) is 17.0. The SMILES string of the molecule is Cc1ccccc1Nc1nnc(SCC(=O)N(C)[C@@H]2CCS(=O)(=O)C2)s1. The number of carbonyl (C=O) groups excluding carboxylic acids is 1. The van der Waals surface area contributed by atoms with Gasteiger partial charge in [0, 0.05) is 18.8 Å². The van der Waals surface area contributed by atoms with Crippen molar-refractivity contribution in [1.82, 2.24) is 15.1 Å². The molecule has 1 fully saturated rings. The average Bonchev–Trinajstić information content (AvgIpc) is 3.20. The van der Waals surface area contributed by atoms with Gasteiger partial charge in [-0.25, -0.2) is 8.42 Å². The first-order valence-corrected chi connectivity index (χ1v) is 11.7. The molecule has 0 unspecified atom stereocenters. The molecule has 1 aromatic heterocycles. The number of hydrogen-bond donors (Lipinski definition) is 1. The minimum atomic E-state index is -3.00. The Morgan fingerprint density at radius 3 is 2.85 bits per heavy atom. The second-order valence-corrected chi connectivity index (χ2v) is 10.6. The standard InChI is InChI=1S/C16H20N4O3S3/c1-11-5-3-4-6-13(11)17-15-18-19-16(25-15)24-9-14(21)20(2)12-7-8-26(22,23)10-12/h3-6,12H,7-10H2,1-2H3,(H,17,18)/t12-/m1/s1. The summed E-state index contributed by atoms with van der Waals surface area (Å²) in [6, 6.07) is 7.68. The maximum Gasteiger partial charge on any atom is 0.233 e. The van der Waals surface area contributed by atoms with Crippen LogP contribution in [0, 0.1) is 6.92 Å². The summed E-state index contributed by atoms with van der Waals surface area (Å²) in [4.78, 5) is 13.9. The summed E-state index contributed by atoms with van der Waals surface area (Å²) in [5.41, 5.74) is 2.08. The molecule has 0 aliphatic carbocycles. The second kappa shape index (κ2) is 7.93. The third-order valence-electron chi connectivity index (χ3n) is 4.26. The largest absolute Gasteiger partial charge is 0.341 e. The molecule has 2 aromatic rings. The summed E-state index contributed by atoms with van der Waals surface area (Å²) < 4.78 is 23.8. The summed E-state index contributed by atoms with van der Waals surface area (Å²) in [5.74, 6) is 0.336. The molecule has 140 valence electrons. The van der Waals surface area contributed by atoms with Gasteiger partial charge in [0.1, 0.15) is 0 Å². The summed E-state index contributed by atoms with van der Waals surface area (Å²) in [6.45, 7) is 2.01. The molecule has 0 radical (unpaired) electrons. The van der Waals surface area contributed by atoms with Gasteiger partial charge in [0.15, 0.2) is 14.2 Å². The van der Waals surface area contributed by atoms with Crippen LogP contribution in [0.15, 0.2) is 28.6 Å². The van der Waals surface area contributed by atoms with Crippen LogP contribution in [0.5, 0.6) is 0 Å². The highest BCUT2D eigenvalue weighted by atomic mass is 32.2. The van der Waals surface area contributed by atoms with Crippen LogP contribution in [-0.2, 0) is 14.6 Å². The van der Waals surface area contributed by atoms with Crippen LogP contribution in [0.25, 0.3) is 0 Å². The number of aromatic nitrogens is 2. The molecular formula is C16H20N4O3S3. The van der Waals surface area contributed by atoms with E-state index in [1.54, 1.807) is 11.9 Å². The highest BCUT2D eigenvalue weighted by Gasteiger charge is 2.32. The molecule has 0 saturated carbocycles. The van der Waals surface area contributed by atoms with Crippen molar-refractivity contribution in [2.24, 2.45) is 0 Å². The van der Waals surface area contributed by atoms with E-state index in [2.05, 4.69) is 15.5 Å². The number of rotatable bonds is 6. The number of aryl methyl sites for hydroxylation is 1. The Bertz CT molecular complexity index is 898. The molecule has 3 rings (SSSR count). The lowest BCUT2D eigenvalue weighted by molar-refractivity contribution is -0.128. The van der Waals surface area contributed by atoms with Crippen molar-refractivity contribution in [3.63, 3.8) is 0 Å². The van der Waals surface area contributed by atoms with Gasteiger partial charge < -0.3 is 10.2 Å². The molecule has 26 heavy (non-hydrogen) atoms. The number of anilines is 2. The first kappa shape index (κ1) is 19.1. The van der Waals surface area contributed by atoms with Gasteiger partial charge in [0.25, 0.3) is 0 Å². The van der Waals surface area contributed by atoms with E-state index in [4.69, 9.17) is 0 Å². The maximum atomic E-state index is 12.3. The Morgan fingerprint density at radius 2 is 2.15 bits per heavy atom. The molecular weight excluding hydrogens is 392 g/mol. The van der Waals surface area contributed by atoms with E-state index in [1.165, 1.54) is 23.1 Å². The molecule has 7 nitrogen and oxygen atoms in total. The second-order valence-electron chi connectivity index (χ2n) is 6.16. The van der Waals surface area contributed by atoms with Crippen LogP contribution in [0.2, 0.25) is 0 Å². The molecule has 0 bridgehead atoms. The van der Waals surface area contributed by atoms with Crippen LogP contribution < -0.4 is 5.32 Å². The molecule has 2 heterocycles. The fraction of sp³-hybridized carbons (Fsp3) is 0.438. The van der Waals surface area contributed by atoms with Crippen molar-refractivity contribution < 1.29 is 13.2 Å². The predicted molar refractivity (Wildman–Crippen MR) is 105 cm³/mol. The van der Waals surface area contributed by atoms with Crippen LogP contribution >= 0.6 is 23.1 Å². The smallest absolute Gasteiger partial charge is 0.233 e. The topological polar surface area (TPSA) is 92.3 Å². The van der Waals surface area contributed by atoms with E-state index in [1.807, 2.05) is 31.2 Å². The highest BCUT2D eigenvalue weighted by molar-refractivity contribution is 8.01. The molecule has 1 aromatic carbocycles. The number of para-hydroxylation sites is 1. The van der Waals surface area contributed by atoms with Crippen molar-refractivity contribution in [2.75, 3.05) is 29.6 Å². The molecule has 1 N–H and O–H groups in total. The summed E-state index contributed by atoms with van der Waals surface area (Å²) >= 11 is 2.70. The van der Waals surface area contributed by atoms with E-state index < -0.39 is 9.84 Å². The predicted octanol–water partition coefficient (Wildman–Crippen LogP) is 2.33. The van der Waals surface area contributed by atoms with Crippen molar-refractivity contribution in [3.8, 4) is 0 Å². The Hall–Kier alpha value is -1.65. The van der Waals surface area contributed by atoms with E-state index in [9.17, 15) is 13.2 Å². The van der Waals surface area contributed by atoms with E-state index in [-0.39, 0.29) is 29.2 Å². The van der Waals surface area contributed by atoms with Gasteiger partial charge >= 0.3 is 0 Å². The van der Waals surface area contributed by atoms with Crippen molar-refractivity contribution in [3.05, 3.63) is 29.8 Å². The summed E-state index contributed by atoms with van der Waals surface area (Å²) in [5, 5.41) is 12.1. The molecule has 1 saturated heterocycles. The van der Waals surface area contributed by atoms with Gasteiger partial charge in [-0.1, -0.05) is 41.3 Å². The quantitative estimate of drug-likeness (QED) is 0.728. The normalized spacial score (nSPS) is 18.6. The third-order valence-corrected chi connectivity index (χ3v) is 7.97. The molecule has 1 aliphatic heterocycles. The minimum Gasteiger partial charge on any atom is -0.341 e.